The molecule has 3 heterocycles. The molecule has 0 bridgehead atoms. The summed E-state index contributed by atoms with van der Waals surface area (Å²) >= 11 is 0. The molecule has 0 fully saturated rings. The number of aryl methyl sites for hydroxylation is 2. The second-order valence-corrected chi connectivity index (χ2v) is 6.44. The van der Waals surface area contributed by atoms with Gasteiger partial charge in [0, 0.05) is 49.1 Å². The van der Waals surface area contributed by atoms with Crippen LogP contribution >= 0.6 is 0 Å². The van der Waals surface area contributed by atoms with E-state index in [-0.39, 0.29) is 5.43 Å². The maximum atomic E-state index is 12.7. The summed E-state index contributed by atoms with van der Waals surface area (Å²) in [6.45, 7) is 6.12. The maximum Gasteiger partial charge on any atom is 0.197 e. The minimum absolute atomic E-state index is 0.0610. The van der Waals surface area contributed by atoms with Crippen molar-refractivity contribution in [3.05, 3.63) is 69.1 Å². The summed E-state index contributed by atoms with van der Waals surface area (Å²) < 4.78 is 5.65. The molecule has 4 rings (SSSR count). The second-order valence-electron chi connectivity index (χ2n) is 6.44. The molecule has 0 radical (unpaired) electrons. The highest BCUT2D eigenvalue weighted by atomic mass is 16.3. The van der Waals surface area contributed by atoms with Crippen LogP contribution in [0.1, 0.15) is 28.2 Å². The fourth-order valence-corrected chi connectivity index (χ4v) is 3.24. The molecule has 0 saturated carbocycles. The first-order chi connectivity index (χ1) is 11.6. The smallest absolute Gasteiger partial charge is 0.197 e. The van der Waals surface area contributed by atoms with Crippen LogP contribution < -0.4 is 5.43 Å². The third-order valence-corrected chi connectivity index (χ3v) is 4.53. The van der Waals surface area contributed by atoms with Crippen molar-refractivity contribution in [3.8, 4) is 0 Å². The predicted octanol–water partition coefficient (Wildman–Crippen LogP) is 2.76. The Bertz CT molecular complexity index is 978. The van der Waals surface area contributed by atoms with Gasteiger partial charge in [0.1, 0.15) is 11.4 Å². The van der Waals surface area contributed by atoms with Crippen molar-refractivity contribution in [2.24, 2.45) is 0 Å². The summed E-state index contributed by atoms with van der Waals surface area (Å²) in [7, 11) is 0. The zero-order valence-corrected chi connectivity index (χ0v) is 13.9. The van der Waals surface area contributed by atoms with E-state index in [1.165, 1.54) is 0 Å². The maximum absolute atomic E-state index is 12.7. The van der Waals surface area contributed by atoms with Gasteiger partial charge in [0.2, 0.25) is 0 Å². The Hall–Kier alpha value is -2.53. The van der Waals surface area contributed by atoms with Crippen LogP contribution in [-0.4, -0.2) is 21.4 Å². The highest BCUT2D eigenvalue weighted by Crippen LogP contribution is 2.19. The monoisotopic (exact) mass is 321 g/mol. The van der Waals surface area contributed by atoms with E-state index in [0.717, 1.165) is 42.2 Å². The quantitative estimate of drug-likeness (QED) is 0.726. The minimum Gasteiger partial charge on any atom is -0.464 e. The van der Waals surface area contributed by atoms with E-state index in [9.17, 15) is 4.79 Å². The van der Waals surface area contributed by atoms with Gasteiger partial charge in [-0.1, -0.05) is 11.6 Å². The zero-order valence-electron chi connectivity index (χ0n) is 13.9. The summed E-state index contributed by atoms with van der Waals surface area (Å²) in [5.74, 6) is 0.813. The molecule has 3 aromatic rings. The van der Waals surface area contributed by atoms with Crippen LogP contribution in [0.15, 0.2) is 39.9 Å². The molecule has 122 valence electrons. The number of rotatable bonds is 2. The van der Waals surface area contributed by atoms with E-state index in [2.05, 4.69) is 14.9 Å². The number of hydrogen-bond donors (Lipinski definition) is 0. The number of fused-ring (bicyclic) bond motifs is 2. The fraction of sp³-hybridized carbons (Fsp3) is 0.316. The van der Waals surface area contributed by atoms with Gasteiger partial charge in [0.15, 0.2) is 5.43 Å². The Kier molecular flexibility index (Phi) is 3.65. The lowest BCUT2D eigenvalue weighted by atomic mass is 10.1. The van der Waals surface area contributed by atoms with E-state index in [4.69, 9.17) is 4.42 Å². The van der Waals surface area contributed by atoms with Crippen molar-refractivity contribution in [3.63, 3.8) is 0 Å². The number of nitrogens with zero attached hydrogens (tertiary/aromatic N) is 3. The van der Waals surface area contributed by atoms with Crippen LogP contribution in [0, 0.1) is 13.8 Å². The van der Waals surface area contributed by atoms with Crippen molar-refractivity contribution in [1.29, 1.82) is 0 Å². The SMILES string of the molecule is Cc1ccc2occ(CN3CCc4nc(C)ncc4C3)c(=O)c2c1. The van der Waals surface area contributed by atoms with E-state index in [1.807, 2.05) is 38.2 Å². The van der Waals surface area contributed by atoms with Crippen molar-refractivity contribution in [1.82, 2.24) is 14.9 Å². The Labute approximate surface area is 140 Å². The fourth-order valence-electron chi connectivity index (χ4n) is 3.24. The Balaban J connectivity index is 1.62. The van der Waals surface area contributed by atoms with E-state index in [1.54, 1.807) is 6.26 Å². The van der Waals surface area contributed by atoms with Gasteiger partial charge in [-0.05, 0) is 26.0 Å². The molecule has 0 N–H and O–H groups in total. The van der Waals surface area contributed by atoms with Crippen LogP contribution in [0.25, 0.3) is 11.0 Å². The highest BCUT2D eigenvalue weighted by molar-refractivity contribution is 5.77. The van der Waals surface area contributed by atoms with Gasteiger partial charge < -0.3 is 4.42 Å². The van der Waals surface area contributed by atoms with Gasteiger partial charge in [-0.3, -0.25) is 9.69 Å². The highest BCUT2D eigenvalue weighted by Gasteiger charge is 2.19. The number of hydrogen-bond acceptors (Lipinski definition) is 5. The summed E-state index contributed by atoms with van der Waals surface area (Å²) in [6.07, 6.45) is 4.38. The van der Waals surface area contributed by atoms with Crippen LogP contribution in [-0.2, 0) is 19.5 Å². The zero-order chi connectivity index (χ0) is 16.7. The van der Waals surface area contributed by atoms with Crippen molar-refractivity contribution >= 4 is 11.0 Å². The third-order valence-electron chi connectivity index (χ3n) is 4.53. The molecule has 0 aliphatic carbocycles. The minimum atomic E-state index is 0.0610. The lowest BCUT2D eigenvalue weighted by molar-refractivity contribution is 0.240. The summed E-state index contributed by atoms with van der Waals surface area (Å²) in [5.41, 5.74) is 4.73. The van der Waals surface area contributed by atoms with E-state index >= 15 is 0 Å². The van der Waals surface area contributed by atoms with Gasteiger partial charge in [-0.25, -0.2) is 9.97 Å². The first-order valence-electron chi connectivity index (χ1n) is 8.15. The van der Waals surface area contributed by atoms with E-state index < -0.39 is 0 Å². The molecule has 5 heteroatoms. The summed E-state index contributed by atoms with van der Waals surface area (Å²) in [4.78, 5) is 23.8. The average Bonchev–Trinajstić information content (AvgIpc) is 2.58. The first-order valence-corrected chi connectivity index (χ1v) is 8.15. The molecule has 0 amide bonds. The molecule has 24 heavy (non-hydrogen) atoms. The number of aromatic nitrogens is 2. The molecule has 1 aliphatic rings. The van der Waals surface area contributed by atoms with Crippen molar-refractivity contribution in [2.75, 3.05) is 6.54 Å². The first kappa shape index (κ1) is 15.0. The normalized spacial score (nSPS) is 14.8. The Morgan fingerprint density at radius 2 is 2.17 bits per heavy atom. The Morgan fingerprint density at radius 3 is 3.04 bits per heavy atom. The lowest BCUT2D eigenvalue weighted by Gasteiger charge is -2.27. The third kappa shape index (κ3) is 2.71. The van der Waals surface area contributed by atoms with Gasteiger partial charge in [-0.2, -0.15) is 0 Å². The van der Waals surface area contributed by atoms with E-state index in [0.29, 0.717) is 23.1 Å². The second kappa shape index (κ2) is 5.83. The topological polar surface area (TPSA) is 59.2 Å². The lowest BCUT2D eigenvalue weighted by Crippen LogP contribution is -2.32. The molecule has 0 saturated heterocycles. The van der Waals surface area contributed by atoms with Gasteiger partial charge in [0.05, 0.1) is 11.6 Å². The molecule has 2 aromatic heterocycles. The van der Waals surface area contributed by atoms with Crippen molar-refractivity contribution < 1.29 is 4.42 Å². The summed E-state index contributed by atoms with van der Waals surface area (Å²) in [6, 6.07) is 5.70. The van der Waals surface area contributed by atoms with Crippen LogP contribution in [0.3, 0.4) is 0 Å². The standard InChI is InChI=1S/C19H19N3O2/c1-12-3-4-18-16(7-12)19(23)15(11-24-18)10-22-6-5-17-14(9-22)8-20-13(2)21-17/h3-4,7-8,11H,5-6,9-10H2,1-2H3. The van der Waals surface area contributed by atoms with Gasteiger partial charge in [0.25, 0.3) is 0 Å². The molecule has 0 unspecified atom stereocenters. The van der Waals surface area contributed by atoms with Crippen LogP contribution in [0.5, 0.6) is 0 Å². The van der Waals surface area contributed by atoms with Gasteiger partial charge in [-0.15, -0.1) is 0 Å². The number of benzene rings is 1. The molecule has 0 atom stereocenters. The molecular formula is C19H19N3O2. The predicted molar refractivity (Wildman–Crippen MR) is 91.8 cm³/mol. The molecule has 0 spiro atoms. The largest absolute Gasteiger partial charge is 0.464 e. The summed E-state index contributed by atoms with van der Waals surface area (Å²) in [5, 5.41) is 0.656. The van der Waals surface area contributed by atoms with Crippen LogP contribution in [0.4, 0.5) is 0 Å². The molecule has 1 aliphatic heterocycles. The van der Waals surface area contributed by atoms with Gasteiger partial charge >= 0.3 is 0 Å². The van der Waals surface area contributed by atoms with Crippen molar-refractivity contribution in [2.45, 2.75) is 33.4 Å². The average molecular weight is 321 g/mol. The van der Waals surface area contributed by atoms with Crippen LogP contribution in [0.2, 0.25) is 0 Å². The Morgan fingerprint density at radius 1 is 1.29 bits per heavy atom. The molecular weight excluding hydrogens is 302 g/mol. The molecule has 1 aromatic carbocycles. The molecule has 5 nitrogen and oxygen atoms in total.